The minimum Gasteiger partial charge on any atom is -0.389 e. The van der Waals surface area contributed by atoms with Crippen molar-refractivity contribution in [3.8, 4) is 0 Å². The first-order chi connectivity index (χ1) is 14.7. The summed E-state index contributed by atoms with van der Waals surface area (Å²) in [6, 6.07) is 20.7. The Labute approximate surface area is 181 Å². The van der Waals surface area contributed by atoms with Crippen molar-refractivity contribution in [1.29, 1.82) is 0 Å². The summed E-state index contributed by atoms with van der Waals surface area (Å²) < 4.78 is 0. The quantitative estimate of drug-likeness (QED) is 0.669. The molecule has 2 aromatic carbocycles. The van der Waals surface area contributed by atoms with Gasteiger partial charge in [0, 0.05) is 12.1 Å². The van der Waals surface area contributed by atoms with Gasteiger partial charge in [-0.15, -0.1) is 0 Å². The Morgan fingerprint density at radius 3 is 1.23 bits per heavy atom. The zero-order valence-electron chi connectivity index (χ0n) is 17.9. The summed E-state index contributed by atoms with van der Waals surface area (Å²) in [5.41, 5.74) is 2.45. The molecule has 2 aliphatic rings. The summed E-state index contributed by atoms with van der Waals surface area (Å²) in [6.07, 6.45) is 4.71. The molecule has 2 saturated heterocycles. The Morgan fingerprint density at radius 2 is 0.900 bits per heavy atom. The first-order valence-corrected chi connectivity index (χ1v) is 11.6. The molecule has 30 heavy (non-hydrogen) atoms. The molecule has 4 nitrogen and oxygen atoms in total. The highest BCUT2D eigenvalue weighted by molar-refractivity contribution is 5.19. The molecular weight excluding hydrogens is 372 g/mol. The van der Waals surface area contributed by atoms with E-state index in [-0.39, 0.29) is 12.1 Å². The smallest absolute Gasteiger partial charge is 0.0972 e. The predicted octanol–water partition coefficient (Wildman–Crippen LogP) is 3.12. The Bertz CT molecular complexity index is 677. The second-order valence-corrected chi connectivity index (χ2v) is 8.98. The number of hydrogen-bond acceptors (Lipinski definition) is 4. The number of aliphatic hydroxyl groups is 2. The van der Waals surface area contributed by atoms with Crippen LogP contribution >= 0.6 is 0 Å². The number of likely N-dealkylation sites (tertiary alicyclic amines) is 2. The van der Waals surface area contributed by atoms with Gasteiger partial charge in [0.15, 0.2) is 0 Å². The van der Waals surface area contributed by atoms with Crippen LogP contribution in [0, 0.1) is 0 Å². The van der Waals surface area contributed by atoms with Crippen LogP contribution in [-0.4, -0.2) is 70.5 Å². The Balaban J connectivity index is 1.54. The molecule has 0 aromatic heterocycles. The lowest BCUT2D eigenvalue weighted by atomic mass is 9.89. The summed E-state index contributed by atoms with van der Waals surface area (Å²) in [4.78, 5) is 4.79. The normalized spacial score (nSPS) is 22.1. The van der Waals surface area contributed by atoms with Crippen LogP contribution in [0.5, 0.6) is 0 Å². The lowest BCUT2D eigenvalue weighted by Crippen LogP contribution is -2.56. The number of benzene rings is 2. The van der Waals surface area contributed by atoms with Crippen molar-refractivity contribution >= 4 is 0 Å². The number of hydrogen-bond donors (Lipinski definition) is 2. The average molecular weight is 409 g/mol. The lowest BCUT2D eigenvalue weighted by Gasteiger charge is -2.39. The van der Waals surface area contributed by atoms with Crippen molar-refractivity contribution in [2.75, 3.05) is 26.2 Å². The van der Waals surface area contributed by atoms with Gasteiger partial charge in [0.2, 0.25) is 0 Å². The third-order valence-corrected chi connectivity index (χ3v) is 6.93. The highest BCUT2D eigenvalue weighted by Gasteiger charge is 2.39. The molecule has 2 aromatic rings. The molecule has 0 saturated carbocycles. The predicted molar refractivity (Wildman–Crippen MR) is 121 cm³/mol. The highest BCUT2D eigenvalue weighted by Crippen LogP contribution is 2.25. The van der Waals surface area contributed by atoms with Gasteiger partial charge in [-0.1, -0.05) is 60.7 Å². The van der Waals surface area contributed by atoms with Crippen LogP contribution in [0.1, 0.15) is 36.8 Å². The monoisotopic (exact) mass is 408 g/mol. The van der Waals surface area contributed by atoms with Gasteiger partial charge in [-0.3, -0.25) is 9.80 Å². The molecule has 2 N–H and O–H groups in total. The van der Waals surface area contributed by atoms with Crippen LogP contribution in [0.4, 0.5) is 0 Å². The lowest BCUT2D eigenvalue weighted by molar-refractivity contribution is -0.0693. The van der Waals surface area contributed by atoms with Gasteiger partial charge in [-0.25, -0.2) is 0 Å². The van der Waals surface area contributed by atoms with E-state index < -0.39 is 12.2 Å². The molecule has 0 amide bonds. The van der Waals surface area contributed by atoms with Crippen molar-refractivity contribution < 1.29 is 10.2 Å². The van der Waals surface area contributed by atoms with E-state index in [4.69, 9.17) is 0 Å². The first kappa shape index (κ1) is 21.5. The van der Waals surface area contributed by atoms with E-state index in [0.717, 1.165) is 39.0 Å². The van der Waals surface area contributed by atoms with Crippen molar-refractivity contribution in [1.82, 2.24) is 9.80 Å². The van der Waals surface area contributed by atoms with Crippen LogP contribution in [0.15, 0.2) is 60.7 Å². The molecule has 0 radical (unpaired) electrons. The van der Waals surface area contributed by atoms with E-state index in [1.54, 1.807) is 0 Å². The second kappa shape index (κ2) is 10.5. The van der Waals surface area contributed by atoms with Gasteiger partial charge < -0.3 is 10.2 Å². The largest absolute Gasteiger partial charge is 0.389 e. The SMILES string of the molecule is O[C@H](C(Cc1ccccc1)N1CCCC1)[C@H](O)C(Cc1ccccc1)N1CCCC1. The number of nitrogens with zero attached hydrogens (tertiary/aromatic N) is 2. The standard InChI is InChI=1S/C26H36N2O2/c29-25(23(27-15-7-8-16-27)19-21-11-3-1-4-12-21)26(30)24(28-17-9-10-18-28)20-22-13-5-2-6-14-22/h1-6,11-14,23-26,29-30H,7-10,15-20H2/t23?,24?,25-,26-/m1/s1. The van der Waals surface area contributed by atoms with E-state index in [1.165, 1.54) is 36.8 Å². The molecule has 0 aliphatic carbocycles. The summed E-state index contributed by atoms with van der Waals surface area (Å²) in [5, 5.41) is 23.0. The van der Waals surface area contributed by atoms with Crippen LogP contribution in [0.2, 0.25) is 0 Å². The Hall–Kier alpha value is -1.72. The van der Waals surface area contributed by atoms with E-state index in [9.17, 15) is 10.2 Å². The average Bonchev–Trinajstić information content (AvgIpc) is 3.51. The molecule has 2 fully saturated rings. The molecule has 4 heteroatoms. The van der Waals surface area contributed by atoms with Crippen molar-refractivity contribution in [2.24, 2.45) is 0 Å². The molecule has 2 heterocycles. The van der Waals surface area contributed by atoms with Gasteiger partial charge in [-0.2, -0.15) is 0 Å². The third-order valence-electron chi connectivity index (χ3n) is 6.93. The minimum absolute atomic E-state index is 0.0502. The van der Waals surface area contributed by atoms with Gasteiger partial charge in [0.25, 0.3) is 0 Å². The maximum atomic E-state index is 11.5. The summed E-state index contributed by atoms with van der Waals surface area (Å²) >= 11 is 0. The zero-order chi connectivity index (χ0) is 20.8. The Kier molecular flexibility index (Phi) is 7.56. The number of aliphatic hydroxyl groups excluding tert-OH is 2. The fourth-order valence-electron chi connectivity index (χ4n) is 5.24. The fraction of sp³-hybridized carbons (Fsp3) is 0.538. The van der Waals surface area contributed by atoms with E-state index >= 15 is 0 Å². The fourth-order valence-corrected chi connectivity index (χ4v) is 5.24. The van der Waals surface area contributed by atoms with Crippen LogP contribution in [-0.2, 0) is 12.8 Å². The molecule has 4 atom stereocenters. The molecular formula is C26H36N2O2. The summed E-state index contributed by atoms with van der Waals surface area (Å²) in [6.45, 7) is 4.03. The zero-order valence-corrected chi connectivity index (χ0v) is 17.9. The van der Waals surface area contributed by atoms with Crippen LogP contribution in [0.25, 0.3) is 0 Å². The van der Waals surface area contributed by atoms with Gasteiger partial charge in [-0.05, 0) is 75.8 Å². The van der Waals surface area contributed by atoms with E-state index in [0.29, 0.717) is 0 Å². The molecule has 4 rings (SSSR count). The number of rotatable bonds is 9. The summed E-state index contributed by atoms with van der Waals surface area (Å²) in [7, 11) is 0. The second-order valence-electron chi connectivity index (χ2n) is 8.98. The van der Waals surface area contributed by atoms with Crippen molar-refractivity contribution in [2.45, 2.75) is 62.8 Å². The van der Waals surface area contributed by atoms with E-state index in [2.05, 4.69) is 58.3 Å². The van der Waals surface area contributed by atoms with Gasteiger partial charge in [0.05, 0.1) is 12.2 Å². The molecule has 162 valence electrons. The van der Waals surface area contributed by atoms with Crippen LogP contribution in [0.3, 0.4) is 0 Å². The Morgan fingerprint density at radius 1 is 0.567 bits per heavy atom. The van der Waals surface area contributed by atoms with E-state index in [1.807, 2.05) is 12.1 Å². The molecule has 0 bridgehead atoms. The maximum absolute atomic E-state index is 11.5. The van der Waals surface area contributed by atoms with Crippen molar-refractivity contribution in [3.05, 3.63) is 71.8 Å². The van der Waals surface area contributed by atoms with Crippen molar-refractivity contribution in [3.63, 3.8) is 0 Å². The minimum atomic E-state index is -0.766. The maximum Gasteiger partial charge on any atom is 0.0972 e. The topological polar surface area (TPSA) is 46.9 Å². The molecule has 2 aliphatic heterocycles. The molecule has 0 spiro atoms. The van der Waals surface area contributed by atoms with Crippen LogP contribution < -0.4 is 0 Å². The summed E-state index contributed by atoms with van der Waals surface area (Å²) in [5.74, 6) is 0. The van der Waals surface area contributed by atoms with Gasteiger partial charge >= 0.3 is 0 Å². The highest BCUT2D eigenvalue weighted by atomic mass is 16.3. The molecule has 2 unspecified atom stereocenters. The third kappa shape index (κ3) is 5.30. The van der Waals surface area contributed by atoms with Gasteiger partial charge in [0.1, 0.15) is 0 Å². The first-order valence-electron chi connectivity index (χ1n) is 11.6.